The van der Waals surface area contributed by atoms with Crippen molar-refractivity contribution in [3.63, 3.8) is 0 Å². The van der Waals surface area contributed by atoms with Gasteiger partial charge < -0.3 is 9.84 Å². The minimum atomic E-state index is -0.288. The molecule has 3 rings (SSSR count). The Balaban J connectivity index is 1.87. The fraction of sp³-hybridized carbons (Fsp3) is 0.111. The summed E-state index contributed by atoms with van der Waals surface area (Å²) >= 11 is 12.3. The van der Waals surface area contributed by atoms with E-state index in [-0.39, 0.29) is 5.91 Å². The van der Waals surface area contributed by atoms with Gasteiger partial charge in [-0.15, -0.1) is 0 Å². The summed E-state index contributed by atoms with van der Waals surface area (Å²) in [7, 11) is 0. The van der Waals surface area contributed by atoms with Crippen molar-refractivity contribution < 1.29 is 9.32 Å². The fourth-order valence-corrected chi connectivity index (χ4v) is 2.80. The molecule has 4 nitrogen and oxygen atoms in total. The van der Waals surface area contributed by atoms with Crippen molar-refractivity contribution in [2.75, 3.05) is 0 Å². The lowest BCUT2D eigenvalue weighted by Gasteiger charge is -2.08. The largest absolute Gasteiger partial charge is 0.355 e. The Bertz CT molecular complexity index is 890. The number of amides is 1. The Hall–Kier alpha value is -2.30. The van der Waals surface area contributed by atoms with Gasteiger partial charge in [0.1, 0.15) is 5.56 Å². The third kappa shape index (κ3) is 3.30. The molecule has 6 heteroatoms. The summed E-state index contributed by atoms with van der Waals surface area (Å²) in [6, 6.07) is 14.5. The second-order valence-electron chi connectivity index (χ2n) is 5.23. The van der Waals surface area contributed by atoms with Crippen LogP contribution in [0.5, 0.6) is 0 Å². The van der Waals surface area contributed by atoms with Gasteiger partial charge in [0.2, 0.25) is 0 Å². The molecule has 0 radical (unpaired) electrons. The van der Waals surface area contributed by atoms with Crippen LogP contribution in [0.3, 0.4) is 0 Å². The summed E-state index contributed by atoms with van der Waals surface area (Å²) < 4.78 is 5.34. The molecule has 3 aromatic rings. The molecule has 1 amide bonds. The van der Waals surface area contributed by atoms with Crippen LogP contribution in [0, 0.1) is 6.92 Å². The molecule has 0 bridgehead atoms. The lowest BCUT2D eigenvalue weighted by molar-refractivity contribution is 0.0950. The molecule has 0 saturated heterocycles. The minimum Gasteiger partial charge on any atom is -0.355 e. The van der Waals surface area contributed by atoms with E-state index < -0.39 is 0 Å². The SMILES string of the molecule is Cc1noc(-c2ccccc2Cl)c1C(=O)NCc1ccccc1Cl. The van der Waals surface area contributed by atoms with Crippen molar-refractivity contribution in [1.29, 1.82) is 0 Å². The monoisotopic (exact) mass is 360 g/mol. The molecule has 24 heavy (non-hydrogen) atoms. The van der Waals surface area contributed by atoms with Crippen LogP contribution < -0.4 is 5.32 Å². The predicted octanol–water partition coefficient (Wildman–Crippen LogP) is 4.89. The van der Waals surface area contributed by atoms with E-state index in [4.69, 9.17) is 27.7 Å². The van der Waals surface area contributed by atoms with Crippen molar-refractivity contribution in [3.8, 4) is 11.3 Å². The summed E-state index contributed by atoms with van der Waals surface area (Å²) in [6.07, 6.45) is 0. The average Bonchev–Trinajstić information content (AvgIpc) is 2.96. The van der Waals surface area contributed by atoms with Gasteiger partial charge in [0, 0.05) is 17.1 Å². The van der Waals surface area contributed by atoms with Gasteiger partial charge in [0.05, 0.1) is 10.7 Å². The number of nitrogens with one attached hydrogen (secondary N) is 1. The maximum atomic E-state index is 12.6. The van der Waals surface area contributed by atoms with Crippen molar-refractivity contribution >= 4 is 29.1 Å². The smallest absolute Gasteiger partial charge is 0.257 e. The van der Waals surface area contributed by atoms with E-state index in [0.717, 1.165) is 5.56 Å². The van der Waals surface area contributed by atoms with Crippen LogP contribution in [-0.2, 0) is 6.54 Å². The van der Waals surface area contributed by atoms with Crippen molar-refractivity contribution in [2.24, 2.45) is 0 Å². The Kier molecular flexibility index (Phi) is 4.88. The molecular formula is C18H14Cl2N2O2. The van der Waals surface area contributed by atoms with Crippen LogP contribution in [0.2, 0.25) is 10.0 Å². The first-order chi connectivity index (χ1) is 11.6. The number of aromatic nitrogens is 1. The Morgan fingerprint density at radius 2 is 1.75 bits per heavy atom. The quantitative estimate of drug-likeness (QED) is 0.720. The lowest BCUT2D eigenvalue weighted by Crippen LogP contribution is -2.23. The van der Waals surface area contributed by atoms with Gasteiger partial charge in [-0.3, -0.25) is 4.79 Å². The standard InChI is InChI=1S/C18H14Cl2N2O2/c1-11-16(17(24-22-11)13-7-3-5-9-15(13)20)18(23)21-10-12-6-2-4-8-14(12)19/h2-9H,10H2,1H3,(H,21,23). The van der Waals surface area contributed by atoms with Gasteiger partial charge in [0.25, 0.3) is 5.91 Å². The van der Waals surface area contributed by atoms with E-state index in [2.05, 4.69) is 10.5 Å². The highest BCUT2D eigenvalue weighted by atomic mass is 35.5. The van der Waals surface area contributed by atoms with Crippen molar-refractivity contribution in [2.45, 2.75) is 13.5 Å². The van der Waals surface area contributed by atoms with E-state index in [1.807, 2.05) is 30.3 Å². The predicted molar refractivity (Wildman–Crippen MR) is 94.3 cm³/mol. The van der Waals surface area contributed by atoms with Gasteiger partial charge in [-0.2, -0.15) is 0 Å². The minimum absolute atomic E-state index is 0.288. The number of aryl methyl sites for hydroxylation is 1. The number of hydrogen-bond donors (Lipinski definition) is 1. The molecule has 1 aromatic heterocycles. The zero-order chi connectivity index (χ0) is 17.1. The van der Waals surface area contributed by atoms with Crippen LogP contribution in [0.1, 0.15) is 21.6 Å². The van der Waals surface area contributed by atoms with E-state index in [1.54, 1.807) is 25.1 Å². The van der Waals surface area contributed by atoms with Crippen molar-refractivity contribution in [1.82, 2.24) is 10.5 Å². The molecule has 122 valence electrons. The molecule has 0 aliphatic rings. The first-order valence-electron chi connectivity index (χ1n) is 7.30. The number of halogens is 2. The molecule has 0 unspecified atom stereocenters. The van der Waals surface area contributed by atoms with Crippen LogP contribution in [0.15, 0.2) is 53.1 Å². The number of benzene rings is 2. The number of carbonyl (C=O) groups is 1. The lowest BCUT2D eigenvalue weighted by atomic mass is 10.1. The summed E-state index contributed by atoms with van der Waals surface area (Å²) in [5.74, 6) is 0.0679. The molecular weight excluding hydrogens is 347 g/mol. The third-order valence-electron chi connectivity index (χ3n) is 3.61. The molecule has 0 spiro atoms. The van der Waals surface area contributed by atoms with Crippen LogP contribution >= 0.6 is 23.2 Å². The highest BCUT2D eigenvalue weighted by Gasteiger charge is 2.23. The zero-order valence-corrected chi connectivity index (χ0v) is 14.4. The van der Waals surface area contributed by atoms with Crippen molar-refractivity contribution in [3.05, 3.63) is 75.4 Å². The Morgan fingerprint density at radius 3 is 2.46 bits per heavy atom. The number of hydrogen-bond acceptors (Lipinski definition) is 3. The summed E-state index contributed by atoms with van der Waals surface area (Å²) in [6.45, 7) is 2.03. The summed E-state index contributed by atoms with van der Waals surface area (Å²) in [5.41, 5.74) is 2.33. The first kappa shape index (κ1) is 16.6. The van der Waals surface area contributed by atoms with E-state index in [1.165, 1.54) is 0 Å². The summed E-state index contributed by atoms with van der Waals surface area (Å²) in [4.78, 5) is 12.6. The van der Waals surface area contributed by atoms with E-state index in [9.17, 15) is 4.79 Å². The highest BCUT2D eigenvalue weighted by molar-refractivity contribution is 6.33. The molecule has 2 aromatic carbocycles. The maximum absolute atomic E-state index is 12.6. The van der Waals surface area contributed by atoms with Crippen LogP contribution in [0.4, 0.5) is 0 Å². The van der Waals surface area contributed by atoms with Gasteiger partial charge in [-0.05, 0) is 30.7 Å². The first-order valence-corrected chi connectivity index (χ1v) is 8.06. The van der Waals surface area contributed by atoms with E-state index >= 15 is 0 Å². The van der Waals surface area contributed by atoms with Gasteiger partial charge in [0.15, 0.2) is 5.76 Å². The second kappa shape index (κ2) is 7.07. The second-order valence-corrected chi connectivity index (χ2v) is 6.04. The summed E-state index contributed by atoms with van der Waals surface area (Å²) in [5, 5.41) is 7.85. The van der Waals surface area contributed by atoms with Crippen LogP contribution in [-0.4, -0.2) is 11.1 Å². The topological polar surface area (TPSA) is 55.1 Å². The number of nitrogens with zero attached hydrogens (tertiary/aromatic N) is 1. The van der Waals surface area contributed by atoms with Gasteiger partial charge >= 0.3 is 0 Å². The fourth-order valence-electron chi connectivity index (χ4n) is 2.37. The van der Waals surface area contributed by atoms with Gasteiger partial charge in [-0.25, -0.2) is 0 Å². The Morgan fingerprint density at radius 1 is 1.08 bits per heavy atom. The average molecular weight is 361 g/mol. The molecule has 0 fully saturated rings. The van der Waals surface area contributed by atoms with Gasteiger partial charge in [-0.1, -0.05) is 58.7 Å². The highest BCUT2D eigenvalue weighted by Crippen LogP contribution is 2.31. The number of rotatable bonds is 4. The molecule has 1 heterocycles. The molecule has 0 aliphatic carbocycles. The Labute approximate surface area is 149 Å². The van der Waals surface area contributed by atoms with E-state index in [0.29, 0.717) is 39.2 Å². The molecule has 0 aliphatic heterocycles. The molecule has 1 N–H and O–H groups in total. The maximum Gasteiger partial charge on any atom is 0.257 e. The number of carbonyl (C=O) groups excluding carboxylic acids is 1. The molecule has 0 atom stereocenters. The normalized spacial score (nSPS) is 10.6. The zero-order valence-electron chi connectivity index (χ0n) is 12.8. The van der Waals surface area contributed by atoms with Crippen LogP contribution in [0.25, 0.3) is 11.3 Å². The molecule has 0 saturated carbocycles. The third-order valence-corrected chi connectivity index (χ3v) is 4.30.